The van der Waals surface area contributed by atoms with Crippen molar-refractivity contribution in [2.24, 2.45) is 0 Å². The van der Waals surface area contributed by atoms with E-state index in [9.17, 15) is 10.1 Å². The van der Waals surface area contributed by atoms with Crippen LogP contribution in [0.1, 0.15) is 5.56 Å². The molecular formula is C8H7BrClNO3. The normalized spacial score (nSPS) is 9.93. The molecule has 6 heteroatoms. The highest BCUT2D eigenvalue weighted by Crippen LogP contribution is 2.36. The first-order valence-corrected chi connectivity index (χ1v) is 5.00. The Balaban J connectivity index is 3.43. The number of hydrogen-bond acceptors (Lipinski definition) is 3. The van der Waals surface area contributed by atoms with E-state index in [1.54, 1.807) is 6.07 Å². The maximum Gasteiger partial charge on any atom is 0.316 e. The number of halogens is 2. The molecule has 0 atom stereocenters. The second-order valence-electron chi connectivity index (χ2n) is 2.47. The van der Waals surface area contributed by atoms with Gasteiger partial charge in [-0.15, -0.1) is 11.6 Å². The number of hydrogen-bond donors (Lipinski definition) is 0. The van der Waals surface area contributed by atoms with Gasteiger partial charge in [0, 0.05) is 4.47 Å². The van der Waals surface area contributed by atoms with Crippen LogP contribution >= 0.6 is 27.5 Å². The molecule has 76 valence electrons. The summed E-state index contributed by atoms with van der Waals surface area (Å²) in [5, 5.41) is 10.8. The molecule has 0 radical (unpaired) electrons. The standard InChI is InChI=1S/C8H7BrClNO3/c1-14-7-3-2-6(9)5(4-10)8(7)11(12)13/h2-3H,4H2,1H3. The van der Waals surface area contributed by atoms with Crippen molar-refractivity contribution in [3.63, 3.8) is 0 Å². The summed E-state index contributed by atoms with van der Waals surface area (Å²) in [7, 11) is 1.38. The van der Waals surface area contributed by atoms with Gasteiger partial charge in [0.15, 0.2) is 5.75 Å². The van der Waals surface area contributed by atoms with E-state index in [1.165, 1.54) is 13.2 Å². The predicted octanol–water partition coefficient (Wildman–Crippen LogP) is 3.10. The highest BCUT2D eigenvalue weighted by Gasteiger charge is 2.22. The van der Waals surface area contributed by atoms with Crippen LogP contribution in [0, 0.1) is 10.1 Å². The number of nitro benzene ring substituents is 1. The van der Waals surface area contributed by atoms with Crippen molar-refractivity contribution in [1.29, 1.82) is 0 Å². The van der Waals surface area contributed by atoms with Crippen molar-refractivity contribution in [2.45, 2.75) is 5.88 Å². The molecule has 0 N–H and O–H groups in total. The maximum absolute atomic E-state index is 10.8. The first kappa shape index (κ1) is 11.3. The molecule has 0 saturated heterocycles. The van der Waals surface area contributed by atoms with E-state index in [0.717, 1.165) is 0 Å². The molecule has 0 spiro atoms. The summed E-state index contributed by atoms with van der Waals surface area (Å²) in [5.41, 5.74) is 0.341. The number of methoxy groups -OCH3 is 1. The predicted molar refractivity (Wildman–Crippen MR) is 56.9 cm³/mol. The minimum absolute atomic E-state index is 0.0636. The molecule has 4 nitrogen and oxygen atoms in total. The molecule has 0 heterocycles. The lowest BCUT2D eigenvalue weighted by molar-refractivity contribution is -0.386. The van der Waals surface area contributed by atoms with E-state index in [-0.39, 0.29) is 17.3 Å². The zero-order valence-corrected chi connectivity index (χ0v) is 9.63. The average molecular weight is 281 g/mol. The first-order chi connectivity index (χ1) is 6.61. The smallest absolute Gasteiger partial charge is 0.316 e. The SMILES string of the molecule is COc1ccc(Br)c(CCl)c1[N+](=O)[O-]. The van der Waals surface area contributed by atoms with Crippen LogP contribution in [0.4, 0.5) is 5.69 Å². The van der Waals surface area contributed by atoms with Crippen LogP contribution in [0.25, 0.3) is 0 Å². The first-order valence-electron chi connectivity index (χ1n) is 3.67. The van der Waals surface area contributed by atoms with Gasteiger partial charge in [-0.05, 0) is 12.1 Å². The Labute approximate surface area is 94.1 Å². The zero-order chi connectivity index (χ0) is 10.7. The van der Waals surface area contributed by atoms with Gasteiger partial charge in [0.2, 0.25) is 0 Å². The number of rotatable bonds is 3. The largest absolute Gasteiger partial charge is 0.490 e. The molecule has 0 aliphatic rings. The minimum atomic E-state index is -0.499. The summed E-state index contributed by atoms with van der Waals surface area (Å²) >= 11 is 8.81. The third-order valence-electron chi connectivity index (χ3n) is 1.72. The Morgan fingerprint density at radius 1 is 1.64 bits per heavy atom. The third-order valence-corrected chi connectivity index (χ3v) is 2.73. The van der Waals surface area contributed by atoms with Crippen molar-refractivity contribution in [1.82, 2.24) is 0 Å². The van der Waals surface area contributed by atoms with E-state index in [0.29, 0.717) is 10.0 Å². The molecule has 0 aliphatic heterocycles. The monoisotopic (exact) mass is 279 g/mol. The van der Waals surface area contributed by atoms with Gasteiger partial charge in [-0.3, -0.25) is 10.1 Å². The summed E-state index contributed by atoms with van der Waals surface area (Å²) in [6.45, 7) is 0. The number of alkyl halides is 1. The van der Waals surface area contributed by atoms with Crippen LogP contribution in [-0.4, -0.2) is 12.0 Å². The summed E-state index contributed by atoms with van der Waals surface area (Å²) in [6.07, 6.45) is 0. The van der Waals surface area contributed by atoms with Gasteiger partial charge in [-0.2, -0.15) is 0 Å². The number of nitrogens with zero attached hydrogens (tertiary/aromatic N) is 1. The molecule has 0 aliphatic carbocycles. The number of benzene rings is 1. The second kappa shape index (κ2) is 4.61. The van der Waals surface area contributed by atoms with Gasteiger partial charge in [-0.25, -0.2) is 0 Å². The lowest BCUT2D eigenvalue weighted by Gasteiger charge is -2.06. The van der Waals surface area contributed by atoms with Crippen LogP contribution in [0.3, 0.4) is 0 Å². The van der Waals surface area contributed by atoms with Gasteiger partial charge in [-0.1, -0.05) is 15.9 Å². The molecule has 1 rings (SSSR count). The Kier molecular flexibility index (Phi) is 3.71. The van der Waals surface area contributed by atoms with E-state index in [1.807, 2.05) is 0 Å². The van der Waals surface area contributed by atoms with Crippen molar-refractivity contribution in [2.75, 3.05) is 7.11 Å². The van der Waals surface area contributed by atoms with Crippen LogP contribution < -0.4 is 4.74 Å². The second-order valence-corrected chi connectivity index (χ2v) is 3.59. The summed E-state index contributed by atoms with van der Waals surface area (Å²) in [5.74, 6) is 0.280. The Morgan fingerprint density at radius 2 is 2.29 bits per heavy atom. The van der Waals surface area contributed by atoms with E-state index >= 15 is 0 Å². The molecule has 1 aromatic carbocycles. The topological polar surface area (TPSA) is 52.4 Å². The van der Waals surface area contributed by atoms with Crippen LogP contribution in [-0.2, 0) is 5.88 Å². The molecule has 0 amide bonds. The summed E-state index contributed by atoms with van der Waals surface area (Å²) in [6, 6.07) is 3.20. The van der Waals surface area contributed by atoms with Crippen molar-refractivity contribution in [3.05, 3.63) is 32.3 Å². The quantitative estimate of drug-likeness (QED) is 0.485. The summed E-state index contributed by atoms with van der Waals surface area (Å²) in [4.78, 5) is 10.3. The molecule has 0 unspecified atom stereocenters. The summed E-state index contributed by atoms with van der Waals surface area (Å²) < 4.78 is 5.49. The Hall–Kier alpha value is -0.810. The van der Waals surface area contributed by atoms with Crippen molar-refractivity contribution >= 4 is 33.2 Å². The van der Waals surface area contributed by atoms with Gasteiger partial charge in [0.1, 0.15) is 0 Å². The third kappa shape index (κ3) is 1.99. The highest BCUT2D eigenvalue weighted by atomic mass is 79.9. The molecule has 0 bridgehead atoms. The Morgan fingerprint density at radius 3 is 2.71 bits per heavy atom. The van der Waals surface area contributed by atoms with E-state index in [4.69, 9.17) is 16.3 Å². The fraction of sp³-hybridized carbons (Fsp3) is 0.250. The fourth-order valence-corrected chi connectivity index (χ4v) is 1.97. The van der Waals surface area contributed by atoms with Gasteiger partial charge in [0.25, 0.3) is 0 Å². The molecule has 0 fully saturated rings. The molecule has 1 aromatic rings. The van der Waals surface area contributed by atoms with Crippen LogP contribution in [0.15, 0.2) is 16.6 Å². The Bertz CT molecular complexity index is 370. The van der Waals surface area contributed by atoms with Gasteiger partial charge in [0.05, 0.1) is 23.5 Å². The zero-order valence-electron chi connectivity index (χ0n) is 7.29. The minimum Gasteiger partial charge on any atom is -0.490 e. The van der Waals surface area contributed by atoms with Crippen LogP contribution in [0.2, 0.25) is 0 Å². The van der Waals surface area contributed by atoms with E-state index < -0.39 is 4.92 Å². The lowest BCUT2D eigenvalue weighted by atomic mass is 10.2. The lowest BCUT2D eigenvalue weighted by Crippen LogP contribution is -1.98. The molecule has 14 heavy (non-hydrogen) atoms. The van der Waals surface area contributed by atoms with Gasteiger partial charge < -0.3 is 4.74 Å². The van der Waals surface area contributed by atoms with Gasteiger partial charge >= 0.3 is 5.69 Å². The van der Waals surface area contributed by atoms with E-state index in [2.05, 4.69) is 15.9 Å². The fourth-order valence-electron chi connectivity index (χ4n) is 1.08. The van der Waals surface area contributed by atoms with Crippen molar-refractivity contribution < 1.29 is 9.66 Å². The highest BCUT2D eigenvalue weighted by molar-refractivity contribution is 9.10. The molecule has 0 saturated carbocycles. The van der Waals surface area contributed by atoms with Crippen LogP contribution in [0.5, 0.6) is 5.75 Å². The van der Waals surface area contributed by atoms with Crippen molar-refractivity contribution in [3.8, 4) is 5.75 Å². The molecular weight excluding hydrogens is 273 g/mol. The number of nitro groups is 1. The average Bonchev–Trinajstić information content (AvgIpc) is 2.17. The molecule has 0 aromatic heterocycles. The maximum atomic E-state index is 10.8. The number of ether oxygens (including phenoxy) is 1.